The van der Waals surface area contributed by atoms with Gasteiger partial charge in [0.15, 0.2) is 0 Å². The molecule has 1 unspecified atom stereocenters. The van der Waals surface area contributed by atoms with Crippen LogP contribution in [0.1, 0.15) is 111 Å². The molecule has 0 amide bonds. The third-order valence-electron chi connectivity index (χ3n) is 4.83. The van der Waals surface area contributed by atoms with E-state index in [-0.39, 0.29) is 0 Å². The van der Waals surface area contributed by atoms with Gasteiger partial charge in [0, 0.05) is 6.04 Å². The van der Waals surface area contributed by atoms with Crippen LogP contribution in [0.5, 0.6) is 0 Å². The minimum absolute atomic E-state index is 0.840. The van der Waals surface area contributed by atoms with E-state index < -0.39 is 0 Å². The maximum atomic E-state index is 2.75. The summed E-state index contributed by atoms with van der Waals surface area (Å²) in [6.07, 6.45) is 18.4. The van der Waals surface area contributed by atoms with E-state index in [0.29, 0.717) is 0 Å². The Balaban J connectivity index is 3.76. The molecule has 1 nitrogen and oxygen atoms in total. The molecule has 0 aromatic carbocycles. The molecule has 0 aromatic rings. The van der Waals surface area contributed by atoms with Crippen LogP contribution < -0.4 is 0 Å². The highest BCUT2D eigenvalue weighted by molar-refractivity contribution is 4.69. The van der Waals surface area contributed by atoms with Crippen molar-refractivity contribution in [1.82, 2.24) is 4.90 Å². The van der Waals surface area contributed by atoms with Gasteiger partial charge in [-0.2, -0.15) is 0 Å². The molecule has 0 rings (SSSR count). The zero-order chi connectivity index (χ0) is 15.8. The van der Waals surface area contributed by atoms with Gasteiger partial charge in [0.2, 0.25) is 0 Å². The predicted molar refractivity (Wildman–Crippen MR) is 98.1 cm³/mol. The number of hydrogen-bond acceptors (Lipinski definition) is 1. The highest BCUT2D eigenvalue weighted by Gasteiger charge is 2.14. The highest BCUT2D eigenvalue weighted by atomic mass is 15.1. The van der Waals surface area contributed by atoms with E-state index in [2.05, 4.69) is 32.6 Å². The Labute approximate surface area is 135 Å². The number of unbranched alkanes of at least 4 members (excludes halogenated alkanes) is 9. The van der Waals surface area contributed by atoms with Gasteiger partial charge in [-0.3, -0.25) is 0 Å². The number of nitrogens with zero attached hydrogens (tertiary/aromatic N) is 1. The van der Waals surface area contributed by atoms with Gasteiger partial charge in [-0.05, 0) is 32.4 Å². The summed E-state index contributed by atoms with van der Waals surface area (Å²) in [5.74, 6) is 0. The zero-order valence-electron chi connectivity index (χ0n) is 15.6. The van der Waals surface area contributed by atoms with Crippen LogP contribution in [0.15, 0.2) is 0 Å². The molecule has 0 saturated heterocycles. The molecule has 0 heterocycles. The molecule has 128 valence electrons. The quantitative estimate of drug-likeness (QED) is 0.283. The fraction of sp³-hybridized carbons (Fsp3) is 1.00. The minimum atomic E-state index is 0.840. The van der Waals surface area contributed by atoms with Crippen LogP contribution in [0.25, 0.3) is 0 Å². The highest BCUT2D eigenvalue weighted by Crippen LogP contribution is 2.16. The van der Waals surface area contributed by atoms with Crippen molar-refractivity contribution in [2.24, 2.45) is 0 Å². The van der Waals surface area contributed by atoms with Crippen molar-refractivity contribution in [1.29, 1.82) is 0 Å². The van der Waals surface area contributed by atoms with Crippen LogP contribution in [-0.2, 0) is 0 Å². The van der Waals surface area contributed by atoms with Gasteiger partial charge in [0.1, 0.15) is 0 Å². The van der Waals surface area contributed by atoms with E-state index in [4.69, 9.17) is 0 Å². The first-order valence-corrected chi connectivity index (χ1v) is 10.0. The van der Waals surface area contributed by atoms with Crippen LogP contribution in [0.4, 0.5) is 0 Å². The lowest BCUT2D eigenvalue weighted by Gasteiger charge is -2.30. The molecule has 0 aliphatic heterocycles. The van der Waals surface area contributed by atoms with Gasteiger partial charge in [-0.15, -0.1) is 0 Å². The third-order valence-corrected chi connectivity index (χ3v) is 4.83. The lowest BCUT2D eigenvalue weighted by atomic mass is 10.0. The van der Waals surface area contributed by atoms with E-state index in [1.807, 2.05) is 0 Å². The van der Waals surface area contributed by atoms with E-state index >= 15 is 0 Å². The second-order valence-electron chi connectivity index (χ2n) is 6.66. The summed E-state index contributed by atoms with van der Waals surface area (Å²) in [4.78, 5) is 2.75. The molecular weight excluding hydrogens is 254 g/mol. The monoisotopic (exact) mass is 297 g/mol. The van der Waals surface area contributed by atoms with Crippen molar-refractivity contribution in [2.75, 3.05) is 13.1 Å². The van der Waals surface area contributed by atoms with Crippen molar-refractivity contribution in [3.63, 3.8) is 0 Å². The van der Waals surface area contributed by atoms with Crippen molar-refractivity contribution in [2.45, 2.75) is 117 Å². The summed E-state index contributed by atoms with van der Waals surface area (Å²) in [5.41, 5.74) is 0. The molecule has 0 spiro atoms. The molecule has 1 atom stereocenters. The van der Waals surface area contributed by atoms with E-state index in [0.717, 1.165) is 6.04 Å². The van der Waals surface area contributed by atoms with Crippen LogP contribution in [0.3, 0.4) is 0 Å². The fourth-order valence-corrected chi connectivity index (χ4v) is 3.32. The first-order valence-electron chi connectivity index (χ1n) is 10.0. The topological polar surface area (TPSA) is 3.24 Å². The second-order valence-corrected chi connectivity index (χ2v) is 6.66. The van der Waals surface area contributed by atoms with Crippen molar-refractivity contribution in [3.05, 3.63) is 0 Å². The Morgan fingerprint density at radius 1 is 0.619 bits per heavy atom. The maximum Gasteiger partial charge on any atom is 0.00925 e. The third kappa shape index (κ3) is 12.2. The van der Waals surface area contributed by atoms with Gasteiger partial charge in [0.05, 0.1) is 0 Å². The molecule has 0 bridgehead atoms. The Bertz CT molecular complexity index is 190. The molecule has 0 aliphatic carbocycles. The van der Waals surface area contributed by atoms with Crippen LogP contribution >= 0.6 is 0 Å². The maximum absolute atomic E-state index is 2.75. The molecule has 0 N–H and O–H groups in total. The Kier molecular flexibility index (Phi) is 16.3. The first-order chi connectivity index (χ1) is 10.3. The van der Waals surface area contributed by atoms with E-state index in [9.17, 15) is 0 Å². The van der Waals surface area contributed by atoms with Crippen molar-refractivity contribution < 1.29 is 0 Å². The fourth-order valence-electron chi connectivity index (χ4n) is 3.32. The molecule has 0 aromatic heterocycles. The lowest BCUT2D eigenvalue weighted by molar-refractivity contribution is 0.183. The average Bonchev–Trinajstić information content (AvgIpc) is 2.51. The molecule has 0 fully saturated rings. The molecule has 1 heteroatoms. The lowest BCUT2D eigenvalue weighted by Crippen LogP contribution is -2.35. The van der Waals surface area contributed by atoms with Crippen molar-refractivity contribution >= 4 is 0 Å². The summed E-state index contributed by atoms with van der Waals surface area (Å²) < 4.78 is 0. The van der Waals surface area contributed by atoms with Crippen LogP contribution in [0, 0.1) is 0 Å². The Hall–Kier alpha value is -0.0400. The van der Waals surface area contributed by atoms with Crippen molar-refractivity contribution in [3.8, 4) is 0 Å². The van der Waals surface area contributed by atoms with Gasteiger partial charge >= 0.3 is 0 Å². The summed E-state index contributed by atoms with van der Waals surface area (Å²) in [5, 5.41) is 0. The van der Waals surface area contributed by atoms with Gasteiger partial charge in [-0.25, -0.2) is 0 Å². The molecule has 0 aliphatic rings. The smallest absolute Gasteiger partial charge is 0.00925 e. The van der Waals surface area contributed by atoms with Gasteiger partial charge in [-0.1, -0.05) is 91.9 Å². The number of rotatable bonds is 16. The summed E-state index contributed by atoms with van der Waals surface area (Å²) >= 11 is 0. The van der Waals surface area contributed by atoms with E-state index in [1.165, 1.54) is 96.6 Å². The van der Waals surface area contributed by atoms with Gasteiger partial charge < -0.3 is 4.90 Å². The Morgan fingerprint density at radius 3 is 1.67 bits per heavy atom. The molecule has 0 radical (unpaired) electrons. The summed E-state index contributed by atoms with van der Waals surface area (Å²) in [6.45, 7) is 11.9. The predicted octanol–water partition coefficient (Wildman–Crippen LogP) is 6.81. The average molecular weight is 298 g/mol. The first kappa shape index (κ1) is 21.0. The van der Waals surface area contributed by atoms with Crippen LogP contribution in [0.2, 0.25) is 0 Å². The number of hydrogen-bond donors (Lipinski definition) is 0. The van der Waals surface area contributed by atoms with Gasteiger partial charge in [0.25, 0.3) is 0 Å². The van der Waals surface area contributed by atoms with Crippen LogP contribution in [-0.4, -0.2) is 24.0 Å². The SMILES string of the molecule is CCCCCCCCN(CC)C(CC)CCCCCCC. The largest absolute Gasteiger partial charge is 0.301 e. The molecular formula is C20H43N. The minimum Gasteiger partial charge on any atom is -0.301 e. The van der Waals surface area contributed by atoms with E-state index in [1.54, 1.807) is 0 Å². The molecule has 0 saturated carbocycles. The second kappa shape index (κ2) is 16.3. The zero-order valence-corrected chi connectivity index (χ0v) is 15.6. The summed E-state index contributed by atoms with van der Waals surface area (Å²) in [6, 6.07) is 0.840. The standard InChI is InChI=1S/C20H43N/c1-5-9-11-13-15-17-19-21(8-4)20(7-3)18-16-14-12-10-6-2/h20H,5-19H2,1-4H3. The normalized spacial score (nSPS) is 13.0. The summed E-state index contributed by atoms with van der Waals surface area (Å²) in [7, 11) is 0. The molecule has 21 heavy (non-hydrogen) atoms. The Morgan fingerprint density at radius 2 is 1.14 bits per heavy atom.